The van der Waals surface area contributed by atoms with Gasteiger partial charge in [0.15, 0.2) is 0 Å². The van der Waals surface area contributed by atoms with E-state index < -0.39 is 21.8 Å². The van der Waals surface area contributed by atoms with Gasteiger partial charge in [-0.15, -0.1) is 0 Å². The van der Waals surface area contributed by atoms with Gasteiger partial charge in [-0.05, 0) is 0 Å². The molecule has 7 heteroatoms. The van der Waals surface area contributed by atoms with Crippen LogP contribution in [0.3, 0.4) is 0 Å². The monoisotopic (exact) mass is 746 g/mol. The van der Waals surface area contributed by atoms with E-state index in [1.54, 1.807) is 0 Å². The van der Waals surface area contributed by atoms with E-state index in [2.05, 4.69) is 72.8 Å². The Hall–Kier alpha value is -1.70. The molecule has 0 saturated heterocycles. The van der Waals surface area contributed by atoms with Gasteiger partial charge in [-0.3, -0.25) is 0 Å². The van der Waals surface area contributed by atoms with Gasteiger partial charge >= 0.3 is 250 Å². The maximum atomic E-state index is 5.96. The van der Waals surface area contributed by atoms with Crippen LogP contribution in [0.2, 0.25) is 0 Å². The predicted molar refractivity (Wildman–Crippen MR) is 162 cm³/mol. The Morgan fingerprint density at radius 1 is 0.425 bits per heavy atom. The molecule has 0 aliphatic rings. The summed E-state index contributed by atoms with van der Waals surface area (Å²) in [6.45, 7) is 15.5. The summed E-state index contributed by atoms with van der Waals surface area (Å²) in [5, 5.41) is 0. The Bertz CT molecular complexity index is 980. The molecule has 0 bridgehead atoms. The summed E-state index contributed by atoms with van der Waals surface area (Å²) in [6, 6.07) is 26.2. The molecule has 0 radical (unpaired) electrons. The first-order chi connectivity index (χ1) is 19.6. The van der Waals surface area contributed by atoms with Crippen molar-refractivity contribution in [2.24, 2.45) is 0 Å². The molecule has 0 heterocycles. The molecular formula is C33H45BiO6. The van der Waals surface area contributed by atoms with E-state index in [1.807, 2.05) is 41.5 Å². The molecule has 0 aromatic heterocycles. The quantitative estimate of drug-likeness (QED) is 0.128. The minimum absolute atomic E-state index is 0.390. The Morgan fingerprint density at radius 2 is 0.675 bits per heavy atom. The van der Waals surface area contributed by atoms with E-state index in [-0.39, 0.29) is 18.9 Å². The fourth-order valence-corrected chi connectivity index (χ4v) is 14.0. The van der Waals surface area contributed by atoms with Gasteiger partial charge in [0, 0.05) is 0 Å². The van der Waals surface area contributed by atoms with Gasteiger partial charge in [0.2, 0.25) is 0 Å². The van der Waals surface area contributed by atoms with E-state index in [4.69, 9.17) is 28.4 Å². The normalized spacial score (nSPS) is 11.8. The van der Waals surface area contributed by atoms with Gasteiger partial charge < -0.3 is 0 Å². The molecule has 218 valence electrons. The number of rotatable bonds is 18. The molecule has 0 aliphatic carbocycles. The van der Waals surface area contributed by atoms with Crippen molar-refractivity contribution in [1.29, 1.82) is 0 Å². The van der Waals surface area contributed by atoms with Crippen LogP contribution in [0.5, 0.6) is 0 Å². The van der Waals surface area contributed by atoms with Crippen LogP contribution in [0.25, 0.3) is 0 Å². The third-order valence-electron chi connectivity index (χ3n) is 6.11. The van der Waals surface area contributed by atoms with E-state index in [0.29, 0.717) is 39.6 Å². The summed E-state index contributed by atoms with van der Waals surface area (Å²) in [5.41, 5.74) is 3.12. The molecule has 40 heavy (non-hydrogen) atoms. The van der Waals surface area contributed by atoms with Crippen molar-refractivity contribution in [2.75, 3.05) is 39.6 Å². The number of hydrogen-bond donors (Lipinski definition) is 0. The van der Waals surface area contributed by atoms with Crippen molar-refractivity contribution in [3.8, 4) is 0 Å². The first-order valence-corrected chi connectivity index (χ1v) is 19.6. The first-order valence-electron chi connectivity index (χ1n) is 14.4. The van der Waals surface area contributed by atoms with Gasteiger partial charge in [0.25, 0.3) is 0 Å². The van der Waals surface area contributed by atoms with Crippen molar-refractivity contribution < 1.29 is 28.4 Å². The molecule has 0 atom stereocenters. The zero-order chi connectivity index (χ0) is 28.7. The second-order valence-electron chi connectivity index (χ2n) is 8.85. The Balaban J connectivity index is 2.16. The molecule has 3 aromatic rings. The maximum absolute atomic E-state index is 5.96. The summed E-state index contributed by atoms with van der Waals surface area (Å²) in [7, 11) is 0. The Kier molecular flexibility index (Phi) is 14.7. The van der Waals surface area contributed by atoms with Crippen LogP contribution in [0.15, 0.2) is 72.8 Å². The van der Waals surface area contributed by atoms with Crippen molar-refractivity contribution in [2.45, 2.75) is 60.4 Å². The SMILES string of the molecule is CCOC(OCC)c1ccc[c]([Bi]([c]2cccc(C(OCC)OCC)c2)[c]2cccc(C(OCC)OCC)c2)c1. The minimum atomic E-state index is -2.85. The number of benzene rings is 3. The van der Waals surface area contributed by atoms with Crippen molar-refractivity contribution in [3.63, 3.8) is 0 Å². The molecule has 0 aliphatic heterocycles. The second-order valence-corrected chi connectivity index (χ2v) is 17.5. The first kappa shape index (κ1) is 32.8. The molecule has 0 amide bonds. The molecule has 0 saturated carbocycles. The van der Waals surface area contributed by atoms with Crippen LogP contribution >= 0.6 is 0 Å². The number of ether oxygens (including phenoxy) is 6. The van der Waals surface area contributed by atoms with Gasteiger partial charge in [-0.2, -0.15) is 0 Å². The average Bonchev–Trinajstić information content (AvgIpc) is 2.97. The van der Waals surface area contributed by atoms with E-state index >= 15 is 0 Å². The van der Waals surface area contributed by atoms with Crippen molar-refractivity contribution in [1.82, 2.24) is 0 Å². The van der Waals surface area contributed by atoms with E-state index in [1.165, 1.54) is 9.81 Å². The van der Waals surface area contributed by atoms with Gasteiger partial charge in [0.1, 0.15) is 0 Å². The standard InChI is InChI=1S/3C11H15O2.Bi/c3*1-3-12-11(13-4-2)10-8-6-5-7-9-10;/h3*5-6,8-9,11H,3-4H2,1-2H3;. The average molecular weight is 747 g/mol. The van der Waals surface area contributed by atoms with Crippen molar-refractivity contribution >= 4 is 31.6 Å². The third-order valence-corrected chi connectivity index (χ3v) is 15.4. The van der Waals surface area contributed by atoms with Gasteiger partial charge in [-0.25, -0.2) is 0 Å². The predicted octanol–water partition coefficient (Wildman–Crippen LogP) is 5.42. The van der Waals surface area contributed by atoms with Gasteiger partial charge in [0.05, 0.1) is 0 Å². The zero-order valence-electron chi connectivity index (χ0n) is 24.8. The molecule has 6 nitrogen and oxygen atoms in total. The summed E-state index contributed by atoms with van der Waals surface area (Å²) in [4.78, 5) is 0. The van der Waals surface area contributed by atoms with Crippen LogP contribution in [0.1, 0.15) is 77.1 Å². The molecule has 0 fully saturated rings. The summed E-state index contributed by atoms with van der Waals surface area (Å²) < 4.78 is 39.7. The van der Waals surface area contributed by atoms with Crippen LogP contribution in [-0.2, 0) is 28.4 Å². The van der Waals surface area contributed by atoms with Crippen LogP contribution in [-0.4, -0.2) is 61.4 Å². The van der Waals surface area contributed by atoms with Crippen molar-refractivity contribution in [3.05, 3.63) is 89.5 Å². The van der Waals surface area contributed by atoms with Crippen LogP contribution in [0, 0.1) is 0 Å². The Morgan fingerprint density at radius 3 is 0.900 bits per heavy atom. The fraction of sp³-hybridized carbons (Fsp3) is 0.455. The summed E-state index contributed by atoms with van der Waals surface area (Å²) >= 11 is -2.85. The fourth-order valence-electron chi connectivity index (χ4n) is 4.51. The molecule has 0 unspecified atom stereocenters. The zero-order valence-corrected chi connectivity index (χ0v) is 28.3. The van der Waals surface area contributed by atoms with Crippen LogP contribution < -0.4 is 9.81 Å². The van der Waals surface area contributed by atoms with Gasteiger partial charge in [-0.1, -0.05) is 0 Å². The number of hydrogen-bond acceptors (Lipinski definition) is 6. The molecular weight excluding hydrogens is 701 g/mol. The Labute approximate surface area is 248 Å². The molecule has 3 aromatic carbocycles. The molecule has 3 rings (SSSR count). The molecule has 0 spiro atoms. The topological polar surface area (TPSA) is 55.4 Å². The molecule has 0 N–H and O–H groups in total. The van der Waals surface area contributed by atoms with Crippen LogP contribution in [0.4, 0.5) is 0 Å². The summed E-state index contributed by atoms with van der Waals surface area (Å²) in [6.07, 6.45) is -1.17. The second kappa shape index (κ2) is 18.0. The summed E-state index contributed by atoms with van der Waals surface area (Å²) in [5.74, 6) is 0. The van der Waals surface area contributed by atoms with E-state index in [0.717, 1.165) is 16.7 Å². The van der Waals surface area contributed by atoms with E-state index in [9.17, 15) is 0 Å². The third kappa shape index (κ3) is 9.15.